The number of benzene rings is 3. The lowest BCUT2D eigenvalue weighted by Crippen LogP contribution is -2.21. The fraction of sp³-hybridized carbons (Fsp3) is 0.310. The van der Waals surface area contributed by atoms with E-state index >= 15 is 0 Å². The normalized spacial score (nSPS) is 18.2. The first-order valence-corrected chi connectivity index (χ1v) is 12.2. The first kappa shape index (κ1) is 27.7. The van der Waals surface area contributed by atoms with Gasteiger partial charge >= 0.3 is 6.11 Å². The van der Waals surface area contributed by atoms with Crippen molar-refractivity contribution in [2.45, 2.75) is 44.8 Å². The number of hydrogen-bond acceptors (Lipinski definition) is 2. The topological polar surface area (TPSA) is 18.5 Å². The predicted octanol–water partition coefficient (Wildman–Crippen LogP) is 9.00. The van der Waals surface area contributed by atoms with Crippen molar-refractivity contribution >= 4 is 6.08 Å². The van der Waals surface area contributed by atoms with Gasteiger partial charge in [0.15, 0.2) is 17.5 Å². The van der Waals surface area contributed by atoms with Gasteiger partial charge in [-0.1, -0.05) is 25.5 Å². The average molecular weight is 539 g/mol. The van der Waals surface area contributed by atoms with Gasteiger partial charge in [-0.2, -0.15) is 8.78 Å². The van der Waals surface area contributed by atoms with Crippen molar-refractivity contribution in [1.82, 2.24) is 0 Å². The zero-order valence-electron chi connectivity index (χ0n) is 20.4. The molecule has 0 bridgehead atoms. The summed E-state index contributed by atoms with van der Waals surface area (Å²) in [7, 11) is 0. The van der Waals surface area contributed by atoms with E-state index in [0.717, 1.165) is 43.9 Å². The monoisotopic (exact) mass is 538 g/mol. The smallest absolute Gasteiger partial charge is 0.419 e. The zero-order valence-corrected chi connectivity index (χ0v) is 20.4. The third kappa shape index (κ3) is 6.56. The summed E-state index contributed by atoms with van der Waals surface area (Å²) in [5.41, 5.74) is -0.137. The van der Waals surface area contributed by atoms with E-state index in [0.29, 0.717) is 42.4 Å². The van der Waals surface area contributed by atoms with E-state index in [1.807, 2.05) is 0 Å². The van der Waals surface area contributed by atoms with Crippen molar-refractivity contribution in [2.75, 3.05) is 6.61 Å². The molecule has 1 aliphatic rings. The van der Waals surface area contributed by atoms with Crippen LogP contribution < -0.4 is 4.74 Å². The number of ether oxygens (including phenoxy) is 2. The molecule has 38 heavy (non-hydrogen) atoms. The molecular weight excluding hydrogens is 513 g/mol. The molecule has 9 heteroatoms. The molecule has 0 spiro atoms. The first-order valence-electron chi connectivity index (χ1n) is 12.2. The van der Waals surface area contributed by atoms with Crippen molar-refractivity contribution in [1.29, 1.82) is 0 Å². The molecule has 3 aromatic rings. The maximum atomic E-state index is 14.6. The van der Waals surface area contributed by atoms with Gasteiger partial charge in [0, 0.05) is 23.3 Å². The lowest BCUT2D eigenvalue weighted by Gasteiger charge is -2.29. The molecule has 0 radical (unpaired) electrons. The summed E-state index contributed by atoms with van der Waals surface area (Å²) >= 11 is 0. The van der Waals surface area contributed by atoms with Gasteiger partial charge < -0.3 is 9.47 Å². The van der Waals surface area contributed by atoms with E-state index in [1.54, 1.807) is 6.07 Å². The molecule has 1 fully saturated rings. The molecule has 1 saturated heterocycles. The number of rotatable bonds is 8. The fourth-order valence-corrected chi connectivity index (χ4v) is 4.47. The van der Waals surface area contributed by atoms with Crippen LogP contribution in [0.4, 0.5) is 30.7 Å². The van der Waals surface area contributed by atoms with Gasteiger partial charge in [0.2, 0.25) is 0 Å². The quantitative estimate of drug-likeness (QED) is 0.211. The molecule has 4 rings (SSSR count). The van der Waals surface area contributed by atoms with E-state index in [-0.39, 0.29) is 22.8 Å². The molecular formula is C29H25F7O2. The summed E-state index contributed by atoms with van der Waals surface area (Å²) in [6.07, 6.45) is 0.875. The first-order chi connectivity index (χ1) is 18.1. The van der Waals surface area contributed by atoms with Crippen LogP contribution in [-0.2, 0) is 4.74 Å². The van der Waals surface area contributed by atoms with Crippen LogP contribution in [-0.4, -0.2) is 12.7 Å². The molecule has 1 heterocycles. The highest BCUT2D eigenvalue weighted by atomic mass is 19.3. The predicted molar refractivity (Wildman–Crippen MR) is 129 cm³/mol. The molecule has 0 aliphatic carbocycles. The summed E-state index contributed by atoms with van der Waals surface area (Å²) in [6, 6.07) is 7.95. The Labute approximate surface area is 215 Å². The van der Waals surface area contributed by atoms with Crippen LogP contribution in [0.3, 0.4) is 0 Å². The van der Waals surface area contributed by atoms with Crippen molar-refractivity contribution in [2.24, 2.45) is 5.92 Å². The number of hydrogen-bond donors (Lipinski definition) is 0. The van der Waals surface area contributed by atoms with E-state index in [2.05, 4.69) is 11.7 Å². The maximum absolute atomic E-state index is 14.6. The van der Waals surface area contributed by atoms with Gasteiger partial charge in [0.1, 0.15) is 17.4 Å². The Kier molecular flexibility index (Phi) is 8.45. The molecule has 2 nitrogen and oxygen atoms in total. The molecule has 2 atom stereocenters. The van der Waals surface area contributed by atoms with Crippen molar-refractivity contribution in [3.8, 4) is 16.9 Å². The second-order valence-electron chi connectivity index (χ2n) is 9.23. The third-order valence-corrected chi connectivity index (χ3v) is 6.41. The number of halogens is 7. The lowest BCUT2D eigenvalue weighted by atomic mass is 9.91. The molecule has 0 N–H and O–H groups in total. The molecule has 3 aromatic carbocycles. The summed E-state index contributed by atoms with van der Waals surface area (Å²) in [5.74, 6) is -6.69. The lowest BCUT2D eigenvalue weighted by molar-refractivity contribution is -0.131. The Balaban J connectivity index is 1.43. The van der Waals surface area contributed by atoms with Gasteiger partial charge in [-0.15, -0.1) is 0 Å². The largest absolute Gasteiger partial charge is 0.429 e. The minimum absolute atomic E-state index is 0.0985. The second kappa shape index (κ2) is 11.6. The van der Waals surface area contributed by atoms with Crippen molar-refractivity contribution in [3.63, 3.8) is 0 Å². The van der Waals surface area contributed by atoms with Crippen LogP contribution in [0.25, 0.3) is 17.2 Å². The van der Waals surface area contributed by atoms with Crippen LogP contribution in [0.15, 0.2) is 54.6 Å². The van der Waals surface area contributed by atoms with Gasteiger partial charge in [-0.25, -0.2) is 22.0 Å². The van der Waals surface area contributed by atoms with Crippen LogP contribution in [0, 0.1) is 35.0 Å². The van der Waals surface area contributed by atoms with E-state index < -0.39 is 40.9 Å². The van der Waals surface area contributed by atoms with E-state index in [9.17, 15) is 30.7 Å². The minimum Gasteiger partial charge on any atom is -0.429 e. The summed E-state index contributed by atoms with van der Waals surface area (Å²) < 4.78 is 108. The van der Waals surface area contributed by atoms with Gasteiger partial charge in [-0.3, -0.25) is 0 Å². The van der Waals surface area contributed by atoms with Crippen molar-refractivity contribution < 1.29 is 40.2 Å². The Hall–Kier alpha value is -3.33. The molecule has 1 aliphatic heterocycles. The van der Waals surface area contributed by atoms with Crippen LogP contribution >= 0.6 is 0 Å². The summed E-state index contributed by atoms with van der Waals surface area (Å²) in [6.45, 7) is 2.71. The average Bonchev–Trinajstić information content (AvgIpc) is 2.87. The minimum atomic E-state index is -3.94. The van der Waals surface area contributed by atoms with Gasteiger partial charge in [0.25, 0.3) is 0 Å². The Bertz CT molecular complexity index is 1290. The fourth-order valence-electron chi connectivity index (χ4n) is 4.47. The highest BCUT2D eigenvalue weighted by Gasteiger charge is 2.29. The van der Waals surface area contributed by atoms with Crippen molar-refractivity contribution in [3.05, 3.63) is 94.8 Å². The molecule has 0 aromatic heterocycles. The Morgan fingerprint density at radius 2 is 1.63 bits per heavy atom. The van der Waals surface area contributed by atoms with Gasteiger partial charge in [0.05, 0.1) is 12.7 Å². The molecule has 0 amide bonds. The van der Waals surface area contributed by atoms with Gasteiger partial charge in [-0.05, 0) is 72.7 Å². The number of alkyl halides is 2. The van der Waals surface area contributed by atoms with E-state index in [4.69, 9.17) is 4.74 Å². The zero-order chi connectivity index (χ0) is 27.4. The van der Waals surface area contributed by atoms with Crippen LogP contribution in [0.5, 0.6) is 5.75 Å². The highest BCUT2D eigenvalue weighted by molar-refractivity contribution is 5.65. The molecule has 2 unspecified atom stereocenters. The second-order valence-corrected chi connectivity index (χ2v) is 9.23. The Morgan fingerprint density at radius 1 is 0.895 bits per heavy atom. The standard InChI is InChI=1S/C29H25F7O2/c1-2-3-17-4-9-27(37-16-17)19-6-5-18(23(30)12-19)10-11-29(35,36)38-21-7-8-22(24(31)15-21)20-13-25(32)28(34)26(33)14-20/h5-8,10-15,17,27H,2-4,9,16H2,1H3. The summed E-state index contributed by atoms with van der Waals surface area (Å²) in [4.78, 5) is 0. The molecule has 0 saturated carbocycles. The summed E-state index contributed by atoms with van der Waals surface area (Å²) in [5, 5.41) is 0. The third-order valence-electron chi connectivity index (χ3n) is 6.41. The molecule has 202 valence electrons. The SMILES string of the molecule is CCCC1CCC(c2ccc(C=CC(F)(F)Oc3ccc(-c4cc(F)c(F)c(F)c4)c(F)c3)c(F)c2)OC1. The highest BCUT2D eigenvalue weighted by Crippen LogP contribution is 2.34. The Morgan fingerprint density at radius 3 is 2.24 bits per heavy atom. The van der Waals surface area contributed by atoms with Crippen LogP contribution in [0.2, 0.25) is 0 Å². The van der Waals surface area contributed by atoms with Crippen LogP contribution in [0.1, 0.15) is 49.8 Å². The maximum Gasteiger partial charge on any atom is 0.419 e. The van der Waals surface area contributed by atoms with E-state index in [1.165, 1.54) is 12.1 Å².